The third-order valence-electron chi connectivity index (χ3n) is 3.43. The fourth-order valence-electron chi connectivity index (χ4n) is 2.28. The van der Waals surface area contributed by atoms with E-state index in [1.54, 1.807) is 4.90 Å². The second kappa shape index (κ2) is 7.21. The molecule has 1 aromatic rings. The second-order valence-electron chi connectivity index (χ2n) is 6.45. The molecule has 2 heterocycles. The Morgan fingerprint density at radius 3 is 2.54 bits per heavy atom. The molecule has 0 saturated heterocycles. The van der Waals surface area contributed by atoms with E-state index < -0.39 is 11.6 Å². The summed E-state index contributed by atoms with van der Waals surface area (Å²) in [6.07, 6.45) is 3.62. The molecule has 1 aromatic heterocycles. The highest BCUT2D eigenvalue weighted by Crippen LogP contribution is 2.28. The van der Waals surface area contributed by atoms with Crippen LogP contribution in [0.25, 0.3) is 5.57 Å². The van der Waals surface area contributed by atoms with Gasteiger partial charge in [0.1, 0.15) is 5.60 Å². The van der Waals surface area contributed by atoms with E-state index in [0.717, 1.165) is 5.57 Å². The smallest absolute Gasteiger partial charge is 0.410 e. The van der Waals surface area contributed by atoms with E-state index in [4.69, 9.17) is 16.3 Å². The van der Waals surface area contributed by atoms with Crippen LogP contribution in [0.4, 0.5) is 4.79 Å². The zero-order valence-electron chi connectivity index (χ0n) is 14.3. The van der Waals surface area contributed by atoms with Gasteiger partial charge in [0.05, 0.1) is 23.4 Å². The summed E-state index contributed by atoms with van der Waals surface area (Å²) in [5.74, 6) is -0.482. The van der Waals surface area contributed by atoms with E-state index in [2.05, 4.69) is 9.72 Å². The maximum atomic E-state index is 12.1. The molecule has 1 aliphatic heterocycles. The van der Waals surface area contributed by atoms with Crippen molar-refractivity contribution in [3.63, 3.8) is 0 Å². The quantitative estimate of drug-likeness (QED) is 0.761. The van der Waals surface area contributed by atoms with Crippen molar-refractivity contribution in [3.05, 3.63) is 34.6 Å². The number of aromatic nitrogens is 1. The number of carbonyl (C=O) groups is 2. The molecule has 0 fully saturated rings. The Bertz CT molecular complexity index is 680. The molecule has 0 aliphatic carbocycles. The minimum absolute atomic E-state index is 0.304. The zero-order chi connectivity index (χ0) is 17.9. The van der Waals surface area contributed by atoms with Gasteiger partial charge in [-0.1, -0.05) is 17.7 Å². The third-order valence-corrected chi connectivity index (χ3v) is 3.72. The van der Waals surface area contributed by atoms with Crippen molar-refractivity contribution < 1.29 is 19.1 Å². The highest BCUT2D eigenvalue weighted by atomic mass is 35.5. The lowest BCUT2D eigenvalue weighted by atomic mass is 10.0. The second-order valence-corrected chi connectivity index (χ2v) is 6.86. The van der Waals surface area contributed by atoms with Gasteiger partial charge in [0.2, 0.25) is 0 Å². The predicted octanol–water partition coefficient (Wildman–Crippen LogP) is 3.55. The molecule has 0 aromatic carbocycles. The molecule has 1 aliphatic rings. The van der Waals surface area contributed by atoms with E-state index >= 15 is 0 Å². The number of halogens is 1. The summed E-state index contributed by atoms with van der Waals surface area (Å²) in [7, 11) is 1.30. The minimum atomic E-state index is -0.518. The summed E-state index contributed by atoms with van der Waals surface area (Å²) in [6, 6.07) is 1.54. The summed E-state index contributed by atoms with van der Waals surface area (Å²) < 4.78 is 10.0. The minimum Gasteiger partial charge on any atom is -0.465 e. The first-order chi connectivity index (χ1) is 11.2. The van der Waals surface area contributed by atoms with Gasteiger partial charge >= 0.3 is 12.1 Å². The number of hydrogen-bond donors (Lipinski definition) is 0. The molecule has 0 radical (unpaired) electrons. The van der Waals surface area contributed by atoms with Gasteiger partial charge in [-0.25, -0.2) is 9.59 Å². The maximum absolute atomic E-state index is 12.1. The molecule has 0 atom stereocenters. The molecular weight excluding hydrogens is 332 g/mol. The number of nitrogens with zero attached hydrogens (tertiary/aromatic N) is 2. The summed E-state index contributed by atoms with van der Waals surface area (Å²) >= 11 is 6.23. The number of hydrogen-bond acceptors (Lipinski definition) is 5. The number of ether oxygens (including phenoxy) is 2. The Balaban J connectivity index is 2.10. The van der Waals surface area contributed by atoms with Gasteiger partial charge < -0.3 is 14.4 Å². The molecule has 6 nitrogen and oxygen atoms in total. The molecule has 1 amide bonds. The average Bonchev–Trinajstić information content (AvgIpc) is 2.52. The number of methoxy groups -OCH3 is 1. The van der Waals surface area contributed by atoms with Crippen molar-refractivity contribution in [2.75, 3.05) is 20.2 Å². The lowest BCUT2D eigenvalue weighted by Gasteiger charge is -2.29. The van der Waals surface area contributed by atoms with E-state index in [1.165, 1.54) is 19.4 Å². The molecule has 0 bridgehead atoms. The standard InChI is InChI=1S/C17H21ClN2O4/c1-17(2,3)24-16(22)20-7-5-11(6-8-20)14-13(18)9-12(10-19-14)15(21)23-4/h5,9-10H,6-8H2,1-4H3. The number of rotatable bonds is 2. The SMILES string of the molecule is COC(=O)c1cnc(C2=CCN(C(=O)OC(C)(C)C)CC2)c(Cl)c1. The van der Waals surface area contributed by atoms with Gasteiger partial charge in [-0.2, -0.15) is 0 Å². The van der Waals surface area contributed by atoms with Crippen LogP contribution in [0.5, 0.6) is 0 Å². The van der Waals surface area contributed by atoms with E-state index in [0.29, 0.717) is 35.8 Å². The Morgan fingerprint density at radius 1 is 1.33 bits per heavy atom. The summed E-state index contributed by atoms with van der Waals surface area (Å²) in [6.45, 7) is 6.46. The number of carbonyl (C=O) groups excluding carboxylic acids is 2. The van der Waals surface area contributed by atoms with Crippen LogP contribution in [0.3, 0.4) is 0 Å². The van der Waals surface area contributed by atoms with E-state index in [-0.39, 0.29) is 6.09 Å². The predicted molar refractivity (Wildman–Crippen MR) is 91.0 cm³/mol. The van der Waals surface area contributed by atoms with Crippen LogP contribution in [-0.4, -0.2) is 47.7 Å². The van der Waals surface area contributed by atoms with Crippen molar-refractivity contribution in [1.29, 1.82) is 0 Å². The fourth-order valence-corrected chi connectivity index (χ4v) is 2.57. The number of amides is 1. The van der Waals surface area contributed by atoms with Crippen molar-refractivity contribution >= 4 is 29.2 Å². The molecule has 24 heavy (non-hydrogen) atoms. The Morgan fingerprint density at radius 2 is 2.04 bits per heavy atom. The molecule has 2 rings (SSSR count). The molecule has 130 valence electrons. The van der Waals surface area contributed by atoms with Crippen LogP contribution in [0.2, 0.25) is 5.02 Å². The third kappa shape index (κ3) is 4.47. The molecule has 0 spiro atoms. The van der Waals surface area contributed by atoms with Crippen LogP contribution >= 0.6 is 11.6 Å². The Hall–Kier alpha value is -2.08. The molecule has 7 heteroatoms. The van der Waals surface area contributed by atoms with Gasteiger partial charge in [0.25, 0.3) is 0 Å². The van der Waals surface area contributed by atoms with Gasteiger partial charge in [-0.05, 0) is 38.8 Å². The highest BCUT2D eigenvalue weighted by molar-refractivity contribution is 6.32. The first kappa shape index (κ1) is 18.3. The summed E-state index contributed by atoms with van der Waals surface area (Å²) in [5.41, 5.74) is 1.35. The van der Waals surface area contributed by atoms with Crippen LogP contribution in [-0.2, 0) is 9.47 Å². The molecule has 0 N–H and O–H groups in total. The summed E-state index contributed by atoms with van der Waals surface area (Å²) in [4.78, 5) is 29.4. The van der Waals surface area contributed by atoms with E-state index in [1.807, 2.05) is 26.8 Å². The van der Waals surface area contributed by atoms with Gasteiger partial charge in [-0.3, -0.25) is 4.98 Å². The van der Waals surface area contributed by atoms with E-state index in [9.17, 15) is 9.59 Å². The van der Waals surface area contributed by atoms with Crippen molar-refractivity contribution in [2.24, 2.45) is 0 Å². The van der Waals surface area contributed by atoms with Crippen molar-refractivity contribution in [2.45, 2.75) is 32.8 Å². The average molecular weight is 353 g/mol. The van der Waals surface area contributed by atoms with Crippen LogP contribution in [0, 0.1) is 0 Å². The lowest BCUT2D eigenvalue weighted by molar-refractivity contribution is 0.0270. The molecular formula is C17H21ClN2O4. The topological polar surface area (TPSA) is 68.7 Å². The highest BCUT2D eigenvalue weighted by Gasteiger charge is 2.24. The van der Waals surface area contributed by atoms with Gasteiger partial charge in [-0.15, -0.1) is 0 Å². The Labute approximate surface area is 146 Å². The maximum Gasteiger partial charge on any atom is 0.410 e. The van der Waals surface area contributed by atoms with Gasteiger partial charge in [0.15, 0.2) is 0 Å². The number of pyridine rings is 1. The van der Waals surface area contributed by atoms with Crippen LogP contribution < -0.4 is 0 Å². The number of esters is 1. The van der Waals surface area contributed by atoms with Gasteiger partial charge in [0, 0.05) is 19.3 Å². The van der Waals surface area contributed by atoms with Crippen LogP contribution in [0.15, 0.2) is 18.3 Å². The van der Waals surface area contributed by atoms with Crippen LogP contribution in [0.1, 0.15) is 43.2 Å². The summed E-state index contributed by atoms with van der Waals surface area (Å²) in [5, 5.41) is 0.384. The first-order valence-electron chi connectivity index (χ1n) is 7.62. The Kier molecular flexibility index (Phi) is 5.49. The zero-order valence-corrected chi connectivity index (χ0v) is 15.0. The molecule has 0 saturated carbocycles. The first-order valence-corrected chi connectivity index (χ1v) is 8.00. The molecule has 0 unspecified atom stereocenters. The lowest BCUT2D eigenvalue weighted by Crippen LogP contribution is -2.39. The monoisotopic (exact) mass is 352 g/mol. The fraction of sp³-hybridized carbons (Fsp3) is 0.471. The van der Waals surface area contributed by atoms with Crippen molar-refractivity contribution in [1.82, 2.24) is 9.88 Å². The largest absolute Gasteiger partial charge is 0.465 e. The van der Waals surface area contributed by atoms with Crippen molar-refractivity contribution in [3.8, 4) is 0 Å². The normalized spacial score (nSPS) is 14.9.